The molecule has 0 heterocycles. The van der Waals surface area contributed by atoms with Crippen molar-refractivity contribution in [1.82, 2.24) is 10.6 Å². The lowest BCUT2D eigenvalue weighted by Gasteiger charge is -2.21. The van der Waals surface area contributed by atoms with Gasteiger partial charge in [-0.1, -0.05) is 40.0 Å². The third-order valence-corrected chi connectivity index (χ3v) is 4.33. The average molecular weight is 385 g/mol. The van der Waals surface area contributed by atoms with E-state index >= 15 is 0 Å². The fourth-order valence-corrected chi connectivity index (χ4v) is 2.68. The van der Waals surface area contributed by atoms with Crippen LogP contribution in [0.4, 0.5) is 4.79 Å². The Hall–Kier alpha value is -1.59. The third kappa shape index (κ3) is 13.3. The predicted molar refractivity (Wildman–Crippen MR) is 109 cm³/mol. The van der Waals surface area contributed by atoms with Gasteiger partial charge < -0.3 is 15.4 Å². The minimum atomic E-state index is -0.513. The summed E-state index contributed by atoms with van der Waals surface area (Å²) in [6.07, 6.45) is 6.19. The van der Waals surface area contributed by atoms with Crippen LogP contribution in [0.5, 0.6) is 0 Å². The Kier molecular flexibility index (Phi) is 12.8. The SMILES string of the molecule is CCCCC[C@H](C)C(=O)N[C@@H](CCCCNC(=O)OC(C)(C)C)C(=O)CC. The molecular weight excluding hydrogens is 344 g/mol. The molecular formula is C21H40N2O4. The van der Waals surface area contributed by atoms with Crippen LogP contribution < -0.4 is 10.6 Å². The Bertz CT molecular complexity index is 458. The molecule has 0 spiro atoms. The van der Waals surface area contributed by atoms with Crippen molar-refractivity contribution in [3.63, 3.8) is 0 Å². The lowest BCUT2D eigenvalue weighted by atomic mass is 9.99. The van der Waals surface area contributed by atoms with Gasteiger partial charge in [0, 0.05) is 18.9 Å². The van der Waals surface area contributed by atoms with Crippen LogP contribution >= 0.6 is 0 Å². The Morgan fingerprint density at radius 3 is 2.15 bits per heavy atom. The van der Waals surface area contributed by atoms with E-state index < -0.39 is 17.7 Å². The molecule has 2 atom stereocenters. The summed E-state index contributed by atoms with van der Waals surface area (Å²) in [7, 11) is 0. The second-order valence-electron chi connectivity index (χ2n) is 8.20. The Morgan fingerprint density at radius 2 is 1.59 bits per heavy atom. The molecule has 0 aromatic rings. The second-order valence-corrected chi connectivity index (χ2v) is 8.20. The van der Waals surface area contributed by atoms with Crippen molar-refractivity contribution in [1.29, 1.82) is 0 Å². The van der Waals surface area contributed by atoms with Gasteiger partial charge in [0.25, 0.3) is 0 Å². The van der Waals surface area contributed by atoms with E-state index in [1.807, 2.05) is 34.6 Å². The second kappa shape index (κ2) is 13.6. The molecule has 0 aromatic heterocycles. The molecule has 0 saturated carbocycles. The van der Waals surface area contributed by atoms with Crippen molar-refractivity contribution < 1.29 is 19.1 Å². The van der Waals surface area contributed by atoms with Crippen LogP contribution in [0.3, 0.4) is 0 Å². The van der Waals surface area contributed by atoms with Crippen LogP contribution in [0.2, 0.25) is 0 Å². The minimum absolute atomic E-state index is 0.0372. The van der Waals surface area contributed by atoms with Gasteiger partial charge in [0.05, 0.1) is 6.04 Å². The van der Waals surface area contributed by atoms with E-state index in [1.165, 1.54) is 0 Å². The molecule has 0 aliphatic rings. The number of hydrogen-bond acceptors (Lipinski definition) is 4. The molecule has 0 rings (SSSR count). The molecule has 6 nitrogen and oxygen atoms in total. The molecule has 6 heteroatoms. The lowest BCUT2D eigenvalue weighted by Crippen LogP contribution is -2.43. The van der Waals surface area contributed by atoms with E-state index in [0.29, 0.717) is 19.4 Å². The number of ether oxygens (including phenoxy) is 1. The molecule has 0 radical (unpaired) electrons. The van der Waals surface area contributed by atoms with E-state index in [4.69, 9.17) is 4.74 Å². The summed E-state index contributed by atoms with van der Waals surface area (Å²) < 4.78 is 5.18. The van der Waals surface area contributed by atoms with E-state index in [9.17, 15) is 14.4 Å². The molecule has 2 amide bonds. The number of hydrogen-bond donors (Lipinski definition) is 2. The highest BCUT2D eigenvalue weighted by Crippen LogP contribution is 2.12. The summed E-state index contributed by atoms with van der Waals surface area (Å²) in [4.78, 5) is 36.1. The van der Waals surface area contributed by atoms with Gasteiger partial charge >= 0.3 is 6.09 Å². The number of carbonyl (C=O) groups is 3. The van der Waals surface area contributed by atoms with Crippen LogP contribution in [-0.2, 0) is 14.3 Å². The van der Waals surface area contributed by atoms with E-state index in [1.54, 1.807) is 0 Å². The number of carbonyl (C=O) groups excluding carboxylic acids is 3. The number of nitrogens with one attached hydrogen (secondary N) is 2. The maximum Gasteiger partial charge on any atom is 0.407 e. The van der Waals surface area contributed by atoms with Gasteiger partial charge in [0.2, 0.25) is 5.91 Å². The third-order valence-electron chi connectivity index (χ3n) is 4.33. The fraction of sp³-hybridized carbons (Fsp3) is 0.857. The fourth-order valence-electron chi connectivity index (χ4n) is 2.68. The number of ketones is 1. The number of amides is 2. The highest BCUT2D eigenvalue weighted by atomic mass is 16.6. The zero-order valence-electron chi connectivity index (χ0n) is 18.2. The number of Topliss-reactive ketones (excluding diaryl/α,β-unsaturated/α-hetero) is 1. The van der Waals surface area contributed by atoms with E-state index in [-0.39, 0.29) is 17.6 Å². The first-order chi connectivity index (χ1) is 12.6. The smallest absolute Gasteiger partial charge is 0.407 e. The van der Waals surface area contributed by atoms with Crippen molar-refractivity contribution in [2.24, 2.45) is 5.92 Å². The van der Waals surface area contributed by atoms with Crippen LogP contribution in [0, 0.1) is 5.92 Å². The van der Waals surface area contributed by atoms with Crippen LogP contribution in [0.1, 0.15) is 92.9 Å². The quantitative estimate of drug-likeness (QED) is 0.462. The molecule has 0 aliphatic carbocycles. The summed E-state index contributed by atoms with van der Waals surface area (Å²) in [5.41, 5.74) is -0.513. The largest absolute Gasteiger partial charge is 0.444 e. The molecule has 0 fully saturated rings. The van der Waals surface area contributed by atoms with Crippen molar-refractivity contribution in [2.45, 2.75) is 105 Å². The maximum absolute atomic E-state index is 12.3. The standard InChI is InChI=1S/C21H40N2O4/c1-7-9-10-13-16(3)19(25)23-17(18(24)8-2)14-11-12-15-22-20(26)27-21(4,5)6/h16-17H,7-15H2,1-6H3,(H,22,26)(H,23,25)/t16-,17-/m0/s1. The highest BCUT2D eigenvalue weighted by Gasteiger charge is 2.22. The monoisotopic (exact) mass is 384 g/mol. The summed E-state index contributed by atoms with van der Waals surface area (Å²) in [5.74, 6) is -0.0495. The van der Waals surface area contributed by atoms with Gasteiger partial charge in [-0.2, -0.15) is 0 Å². The minimum Gasteiger partial charge on any atom is -0.444 e. The first kappa shape index (κ1) is 25.4. The molecule has 158 valence electrons. The van der Waals surface area contributed by atoms with E-state index in [2.05, 4.69) is 17.6 Å². The van der Waals surface area contributed by atoms with Crippen molar-refractivity contribution in [2.75, 3.05) is 6.54 Å². The Balaban J connectivity index is 4.26. The Labute approximate surface area is 165 Å². The lowest BCUT2D eigenvalue weighted by molar-refractivity contribution is -0.130. The van der Waals surface area contributed by atoms with Gasteiger partial charge in [-0.05, 0) is 46.5 Å². The molecule has 0 saturated heterocycles. The summed E-state index contributed by atoms with van der Waals surface area (Å²) in [6, 6.07) is -0.433. The zero-order chi connectivity index (χ0) is 20.9. The average Bonchev–Trinajstić information content (AvgIpc) is 2.58. The highest BCUT2D eigenvalue weighted by molar-refractivity contribution is 5.89. The zero-order valence-corrected chi connectivity index (χ0v) is 18.2. The predicted octanol–water partition coefficient (Wildman–Crippen LogP) is 4.36. The van der Waals surface area contributed by atoms with Crippen molar-refractivity contribution in [3.8, 4) is 0 Å². The number of alkyl carbamates (subject to hydrolysis) is 1. The van der Waals surface area contributed by atoms with Crippen molar-refractivity contribution in [3.05, 3.63) is 0 Å². The molecule has 0 aliphatic heterocycles. The van der Waals surface area contributed by atoms with Gasteiger partial charge in [0.15, 0.2) is 5.78 Å². The molecule has 0 unspecified atom stereocenters. The number of rotatable bonds is 13. The topological polar surface area (TPSA) is 84.5 Å². The maximum atomic E-state index is 12.3. The normalized spacial score (nSPS) is 13.6. The first-order valence-electron chi connectivity index (χ1n) is 10.4. The van der Waals surface area contributed by atoms with Gasteiger partial charge in [-0.25, -0.2) is 4.79 Å². The van der Waals surface area contributed by atoms with Gasteiger partial charge in [-0.15, -0.1) is 0 Å². The van der Waals surface area contributed by atoms with Crippen LogP contribution in [-0.4, -0.2) is 36.0 Å². The molecule has 2 N–H and O–H groups in total. The van der Waals surface area contributed by atoms with Crippen LogP contribution in [0.15, 0.2) is 0 Å². The Morgan fingerprint density at radius 1 is 0.963 bits per heavy atom. The molecule has 27 heavy (non-hydrogen) atoms. The van der Waals surface area contributed by atoms with Gasteiger partial charge in [-0.3, -0.25) is 9.59 Å². The van der Waals surface area contributed by atoms with Gasteiger partial charge in [0.1, 0.15) is 5.60 Å². The van der Waals surface area contributed by atoms with Crippen molar-refractivity contribution >= 4 is 17.8 Å². The molecule has 0 aromatic carbocycles. The summed E-state index contributed by atoms with van der Waals surface area (Å²) in [5, 5.41) is 5.64. The summed E-state index contributed by atoms with van der Waals surface area (Å²) in [6.45, 7) is 11.8. The van der Waals surface area contributed by atoms with Crippen LogP contribution in [0.25, 0.3) is 0 Å². The molecule has 0 bridgehead atoms. The van der Waals surface area contributed by atoms with E-state index in [0.717, 1.165) is 38.5 Å². The summed E-state index contributed by atoms with van der Waals surface area (Å²) >= 11 is 0. The first-order valence-corrected chi connectivity index (χ1v) is 10.4. The number of unbranched alkanes of at least 4 members (excludes halogenated alkanes) is 3.